The molecule has 0 aromatic carbocycles. The summed E-state index contributed by atoms with van der Waals surface area (Å²) < 4.78 is 0. The Morgan fingerprint density at radius 2 is 1.55 bits per heavy atom. The molecule has 4 rings (SSSR count). The van der Waals surface area contributed by atoms with Crippen molar-refractivity contribution in [2.45, 2.75) is 117 Å². The molecule has 0 unspecified atom stereocenters. The molecule has 4 aliphatic rings. The monoisotopic (exact) mass is 404 g/mol. The smallest absolute Gasteiger partial charge is 0.0804 e. The van der Waals surface area contributed by atoms with Crippen LogP contribution in [0.3, 0.4) is 0 Å². The summed E-state index contributed by atoms with van der Waals surface area (Å²) in [5, 5.41) is 20.8. The second kappa shape index (κ2) is 8.12. The number of aliphatic hydroxyl groups excluding tert-OH is 2. The Kier molecular flexibility index (Phi) is 6.19. The molecule has 29 heavy (non-hydrogen) atoms. The molecule has 0 aromatic rings. The molecule has 2 N–H and O–H groups in total. The highest BCUT2D eigenvalue weighted by atomic mass is 16.3. The minimum atomic E-state index is -0.499. The van der Waals surface area contributed by atoms with Gasteiger partial charge < -0.3 is 10.2 Å². The maximum Gasteiger partial charge on any atom is 0.0804 e. The van der Waals surface area contributed by atoms with Crippen LogP contribution in [0.4, 0.5) is 0 Å². The number of hydrogen-bond donors (Lipinski definition) is 2. The summed E-state index contributed by atoms with van der Waals surface area (Å²) >= 11 is 0. The van der Waals surface area contributed by atoms with Crippen molar-refractivity contribution in [2.75, 3.05) is 0 Å². The summed E-state index contributed by atoms with van der Waals surface area (Å²) in [6.07, 6.45) is 13.2. The van der Waals surface area contributed by atoms with Gasteiger partial charge in [-0.3, -0.25) is 0 Å². The van der Waals surface area contributed by atoms with E-state index in [1.54, 1.807) is 0 Å². The Hall–Kier alpha value is -0.0800. The highest BCUT2D eigenvalue weighted by Gasteiger charge is 2.61. The molecule has 2 heteroatoms. The molecule has 0 saturated heterocycles. The van der Waals surface area contributed by atoms with Gasteiger partial charge in [-0.25, -0.2) is 0 Å². The molecule has 0 heterocycles. The van der Waals surface area contributed by atoms with E-state index < -0.39 is 12.2 Å². The summed E-state index contributed by atoms with van der Waals surface area (Å²) in [7, 11) is 0. The quantitative estimate of drug-likeness (QED) is 0.553. The molecule has 0 aromatic heterocycles. The van der Waals surface area contributed by atoms with E-state index in [0.29, 0.717) is 11.3 Å². The van der Waals surface area contributed by atoms with Gasteiger partial charge in [-0.2, -0.15) is 0 Å². The number of hydrogen-bond acceptors (Lipinski definition) is 2. The van der Waals surface area contributed by atoms with Gasteiger partial charge in [0.2, 0.25) is 0 Å². The molecule has 0 radical (unpaired) electrons. The normalized spacial score (nSPS) is 50.7. The van der Waals surface area contributed by atoms with Crippen molar-refractivity contribution in [2.24, 2.45) is 52.3 Å². The van der Waals surface area contributed by atoms with E-state index in [1.807, 2.05) is 0 Å². The first kappa shape index (κ1) is 22.1. The van der Waals surface area contributed by atoms with Crippen molar-refractivity contribution in [3.8, 4) is 0 Å². The van der Waals surface area contributed by atoms with Gasteiger partial charge in [0.25, 0.3) is 0 Å². The van der Waals surface area contributed by atoms with Crippen LogP contribution in [-0.2, 0) is 0 Å². The van der Waals surface area contributed by atoms with E-state index in [9.17, 15) is 10.2 Å². The standard InChI is InChI=1S/C27H48O2/c1-17(2)7-6-8-18(3)21-11-12-22-20-10-9-19-15-24(28)25(29)16-27(19,5)23(20)13-14-26(21,22)4/h17-25,28-29H,6-16H2,1-5H3/t18-,19+,20+,21+,22-,23+,24+,25-,26-,27+/m1/s1. The average molecular weight is 405 g/mol. The first-order valence-corrected chi connectivity index (χ1v) is 13.0. The first-order chi connectivity index (χ1) is 13.7. The van der Waals surface area contributed by atoms with Crippen LogP contribution in [0.15, 0.2) is 0 Å². The zero-order chi connectivity index (χ0) is 21.0. The molecule has 4 fully saturated rings. The Morgan fingerprint density at radius 3 is 2.28 bits per heavy atom. The third kappa shape index (κ3) is 3.73. The van der Waals surface area contributed by atoms with Crippen LogP contribution >= 0.6 is 0 Å². The van der Waals surface area contributed by atoms with Crippen molar-refractivity contribution in [3.63, 3.8) is 0 Å². The zero-order valence-electron chi connectivity index (χ0n) is 19.9. The Bertz CT molecular complexity index is 573. The van der Waals surface area contributed by atoms with Gasteiger partial charge in [-0.15, -0.1) is 0 Å². The lowest BCUT2D eigenvalue weighted by Gasteiger charge is -2.61. The number of fused-ring (bicyclic) bond motifs is 5. The SMILES string of the molecule is CC(C)CCC[C@@H](C)[C@@H]1CC[C@@H]2[C@@H]3CC[C@H]4C[C@H](O)[C@H](O)C[C@]4(C)[C@H]3CC[C@@]21C. The molecule has 168 valence electrons. The van der Waals surface area contributed by atoms with Gasteiger partial charge in [0, 0.05) is 0 Å². The number of rotatable bonds is 5. The minimum absolute atomic E-state index is 0.254. The molecular weight excluding hydrogens is 356 g/mol. The van der Waals surface area contributed by atoms with Gasteiger partial charge in [0.15, 0.2) is 0 Å². The zero-order valence-corrected chi connectivity index (χ0v) is 19.9. The predicted octanol–water partition coefficient (Wildman–Crippen LogP) is 6.44. The summed E-state index contributed by atoms with van der Waals surface area (Å²) in [6, 6.07) is 0. The van der Waals surface area contributed by atoms with Crippen LogP contribution in [-0.4, -0.2) is 22.4 Å². The molecule has 0 bridgehead atoms. The van der Waals surface area contributed by atoms with Crippen LogP contribution in [0, 0.1) is 52.3 Å². The van der Waals surface area contributed by atoms with E-state index in [0.717, 1.165) is 48.3 Å². The van der Waals surface area contributed by atoms with E-state index in [2.05, 4.69) is 34.6 Å². The molecule has 4 saturated carbocycles. The van der Waals surface area contributed by atoms with Crippen molar-refractivity contribution in [1.82, 2.24) is 0 Å². The fourth-order valence-electron chi connectivity index (χ4n) is 9.30. The third-order valence-corrected chi connectivity index (χ3v) is 10.9. The van der Waals surface area contributed by atoms with Crippen molar-refractivity contribution in [1.29, 1.82) is 0 Å². The van der Waals surface area contributed by atoms with Gasteiger partial charge in [-0.05, 0) is 104 Å². The second-order valence-corrected chi connectivity index (χ2v) is 12.8. The summed E-state index contributed by atoms with van der Waals surface area (Å²) in [5.74, 6) is 5.80. The largest absolute Gasteiger partial charge is 0.390 e. The predicted molar refractivity (Wildman–Crippen MR) is 120 cm³/mol. The van der Waals surface area contributed by atoms with E-state index >= 15 is 0 Å². The van der Waals surface area contributed by atoms with E-state index in [1.165, 1.54) is 57.8 Å². The fraction of sp³-hybridized carbons (Fsp3) is 1.00. The fourth-order valence-corrected chi connectivity index (χ4v) is 9.30. The first-order valence-electron chi connectivity index (χ1n) is 13.0. The molecule has 0 aliphatic heterocycles. The average Bonchev–Trinajstić information content (AvgIpc) is 3.00. The molecule has 0 amide bonds. The molecule has 4 aliphatic carbocycles. The second-order valence-electron chi connectivity index (χ2n) is 12.8. The van der Waals surface area contributed by atoms with Gasteiger partial charge in [0.1, 0.15) is 0 Å². The molecular formula is C27H48O2. The van der Waals surface area contributed by atoms with E-state index in [-0.39, 0.29) is 5.41 Å². The topological polar surface area (TPSA) is 40.5 Å². The van der Waals surface area contributed by atoms with Gasteiger partial charge in [-0.1, -0.05) is 53.9 Å². The lowest BCUT2D eigenvalue weighted by molar-refractivity contribution is -0.160. The molecule has 2 nitrogen and oxygen atoms in total. The van der Waals surface area contributed by atoms with Crippen LogP contribution in [0.25, 0.3) is 0 Å². The van der Waals surface area contributed by atoms with Crippen molar-refractivity contribution < 1.29 is 10.2 Å². The van der Waals surface area contributed by atoms with Crippen molar-refractivity contribution >= 4 is 0 Å². The van der Waals surface area contributed by atoms with Crippen LogP contribution in [0.1, 0.15) is 105 Å². The maximum absolute atomic E-state index is 10.5. The summed E-state index contributed by atoms with van der Waals surface area (Å²) in [6.45, 7) is 12.4. The van der Waals surface area contributed by atoms with E-state index in [4.69, 9.17) is 0 Å². The maximum atomic E-state index is 10.5. The number of aliphatic hydroxyl groups is 2. The van der Waals surface area contributed by atoms with Crippen LogP contribution < -0.4 is 0 Å². The lowest BCUT2D eigenvalue weighted by Crippen LogP contribution is -2.56. The molecule has 0 spiro atoms. The third-order valence-electron chi connectivity index (χ3n) is 10.9. The highest BCUT2D eigenvalue weighted by Crippen LogP contribution is 2.68. The summed E-state index contributed by atoms with van der Waals surface area (Å²) in [4.78, 5) is 0. The molecule has 10 atom stereocenters. The summed E-state index contributed by atoms with van der Waals surface area (Å²) in [5.41, 5.74) is 0.804. The van der Waals surface area contributed by atoms with Crippen molar-refractivity contribution in [3.05, 3.63) is 0 Å². The van der Waals surface area contributed by atoms with Crippen LogP contribution in [0.5, 0.6) is 0 Å². The minimum Gasteiger partial charge on any atom is -0.390 e. The Morgan fingerprint density at radius 1 is 0.828 bits per heavy atom. The van der Waals surface area contributed by atoms with Gasteiger partial charge >= 0.3 is 0 Å². The van der Waals surface area contributed by atoms with Gasteiger partial charge in [0.05, 0.1) is 12.2 Å². The highest BCUT2D eigenvalue weighted by molar-refractivity contribution is 5.10. The lowest BCUT2D eigenvalue weighted by atomic mass is 9.44. The Balaban J connectivity index is 1.47. The van der Waals surface area contributed by atoms with Crippen LogP contribution in [0.2, 0.25) is 0 Å². The Labute approximate surface area is 180 Å².